The summed E-state index contributed by atoms with van der Waals surface area (Å²) in [5, 5.41) is 4.11. The molecule has 0 bridgehead atoms. The molecule has 1 aliphatic heterocycles. The van der Waals surface area contributed by atoms with E-state index < -0.39 is 0 Å². The van der Waals surface area contributed by atoms with Gasteiger partial charge in [0.2, 0.25) is 0 Å². The van der Waals surface area contributed by atoms with E-state index in [1.165, 1.54) is 29.5 Å². The minimum absolute atomic E-state index is 0.460. The molecule has 20 heavy (non-hydrogen) atoms. The molecule has 0 saturated carbocycles. The fraction of sp³-hybridized carbons (Fsp3) is 0.471. The second kappa shape index (κ2) is 5.41. The number of aryl methyl sites for hydroxylation is 3. The summed E-state index contributed by atoms with van der Waals surface area (Å²) in [6, 6.07) is 9.25. The fourth-order valence-electron chi connectivity index (χ4n) is 3.35. The van der Waals surface area contributed by atoms with Crippen molar-refractivity contribution in [2.75, 3.05) is 6.54 Å². The second-order valence-electron chi connectivity index (χ2n) is 5.86. The van der Waals surface area contributed by atoms with E-state index in [-0.39, 0.29) is 0 Å². The summed E-state index contributed by atoms with van der Waals surface area (Å²) >= 11 is 0. The molecule has 1 aromatic carbocycles. The van der Waals surface area contributed by atoms with Gasteiger partial charge < -0.3 is 4.52 Å². The molecule has 0 N–H and O–H groups in total. The molecule has 106 valence electrons. The highest BCUT2D eigenvalue weighted by Crippen LogP contribution is 2.36. The van der Waals surface area contributed by atoms with Crippen LogP contribution in [0.2, 0.25) is 0 Å². The SMILES string of the molecule is Cc1cccc(CN2CCC[C@@H]2c2c(C)noc2C)c1. The third kappa shape index (κ3) is 2.50. The summed E-state index contributed by atoms with van der Waals surface area (Å²) in [6.45, 7) is 8.39. The van der Waals surface area contributed by atoms with E-state index in [1.807, 2.05) is 6.92 Å². The number of aromatic nitrogens is 1. The molecule has 0 radical (unpaired) electrons. The Morgan fingerprint density at radius 2 is 2.15 bits per heavy atom. The lowest BCUT2D eigenvalue weighted by atomic mass is 10.0. The minimum Gasteiger partial charge on any atom is -0.361 e. The summed E-state index contributed by atoms with van der Waals surface area (Å²) in [5.74, 6) is 0.976. The molecule has 2 heterocycles. The first-order valence-corrected chi connectivity index (χ1v) is 7.37. The predicted octanol–water partition coefficient (Wildman–Crippen LogP) is 3.94. The monoisotopic (exact) mass is 270 g/mol. The van der Waals surface area contributed by atoms with Gasteiger partial charge in [0.15, 0.2) is 0 Å². The molecule has 0 spiro atoms. The quantitative estimate of drug-likeness (QED) is 0.846. The van der Waals surface area contributed by atoms with Gasteiger partial charge >= 0.3 is 0 Å². The zero-order valence-electron chi connectivity index (χ0n) is 12.5. The minimum atomic E-state index is 0.460. The normalized spacial score (nSPS) is 19.6. The van der Waals surface area contributed by atoms with Crippen molar-refractivity contribution in [3.8, 4) is 0 Å². The maximum atomic E-state index is 5.35. The first-order chi connectivity index (χ1) is 9.65. The van der Waals surface area contributed by atoms with Gasteiger partial charge in [-0.05, 0) is 45.7 Å². The number of hydrogen-bond acceptors (Lipinski definition) is 3. The lowest BCUT2D eigenvalue weighted by molar-refractivity contribution is 0.245. The van der Waals surface area contributed by atoms with Crippen LogP contribution in [0.15, 0.2) is 28.8 Å². The highest BCUT2D eigenvalue weighted by atomic mass is 16.5. The largest absolute Gasteiger partial charge is 0.361 e. The molecule has 1 atom stereocenters. The third-order valence-corrected chi connectivity index (χ3v) is 4.25. The lowest BCUT2D eigenvalue weighted by Gasteiger charge is -2.24. The van der Waals surface area contributed by atoms with Crippen LogP contribution in [-0.2, 0) is 6.54 Å². The Bertz CT molecular complexity index is 583. The molecule has 3 heteroatoms. The lowest BCUT2D eigenvalue weighted by Crippen LogP contribution is -2.23. The van der Waals surface area contributed by atoms with Crippen LogP contribution in [0.25, 0.3) is 0 Å². The Labute approximate surface area is 120 Å². The van der Waals surface area contributed by atoms with Crippen molar-refractivity contribution in [3.63, 3.8) is 0 Å². The predicted molar refractivity (Wildman–Crippen MR) is 79.5 cm³/mol. The van der Waals surface area contributed by atoms with E-state index in [0.29, 0.717) is 6.04 Å². The Morgan fingerprint density at radius 1 is 1.30 bits per heavy atom. The molecule has 0 aliphatic carbocycles. The van der Waals surface area contributed by atoms with E-state index in [1.54, 1.807) is 0 Å². The van der Waals surface area contributed by atoms with Crippen molar-refractivity contribution in [1.29, 1.82) is 0 Å². The van der Waals surface area contributed by atoms with Gasteiger partial charge in [-0.3, -0.25) is 4.90 Å². The third-order valence-electron chi connectivity index (χ3n) is 4.25. The average molecular weight is 270 g/mol. The summed E-state index contributed by atoms with van der Waals surface area (Å²) in [6.07, 6.45) is 2.45. The van der Waals surface area contributed by atoms with Gasteiger partial charge in [0.25, 0.3) is 0 Å². The van der Waals surface area contributed by atoms with Crippen LogP contribution in [0.3, 0.4) is 0 Å². The van der Waals surface area contributed by atoms with Crippen molar-refractivity contribution in [2.24, 2.45) is 0 Å². The smallest absolute Gasteiger partial charge is 0.138 e. The van der Waals surface area contributed by atoms with Crippen LogP contribution in [-0.4, -0.2) is 16.6 Å². The summed E-state index contributed by atoms with van der Waals surface area (Å²) in [7, 11) is 0. The molecule has 2 aromatic rings. The summed E-state index contributed by atoms with van der Waals surface area (Å²) in [5.41, 5.74) is 5.07. The van der Waals surface area contributed by atoms with E-state index in [0.717, 1.165) is 24.5 Å². The van der Waals surface area contributed by atoms with Crippen LogP contribution in [0.1, 0.15) is 47.0 Å². The average Bonchev–Trinajstić information content (AvgIpc) is 2.97. The van der Waals surface area contributed by atoms with Crippen molar-refractivity contribution in [3.05, 3.63) is 52.4 Å². The Morgan fingerprint density at radius 3 is 2.85 bits per heavy atom. The molecule has 3 rings (SSSR count). The topological polar surface area (TPSA) is 29.3 Å². The number of hydrogen-bond donors (Lipinski definition) is 0. The molecule has 1 fully saturated rings. The van der Waals surface area contributed by atoms with Gasteiger partial charge in [-0.2, -0.15) is 0 Å². The van der Waals surface area contributed by atoms with Gasteiger partial charge in [-0.1, -0.05) is 35.0 Å². The van der Waals surface area contributed by atoms with Gasteiger partial charge in [0, 0.05) is 18.2 Å². The van der Waals surface area contributed by atoms with Gasteiger partial charge in [0.1, 0.15) is 5.76 Å². The van der Waals surface area contributed by atoms with Crippen LogP contribution < -0.4 is 0 Å². The van der Waals surface area contributed by atoms with Crippen molar-refractivity contribution in [1.82, 2.24) is 10.1 Å². The molecular formula is C17H22N2O. The summed E-state index contributed by atoms with van der Waals surface area (Å²) in [4.78, 5) is 2.56. The van der Waals surface area contributed by atoms with Gasteiger partial charge in [-0.25, -0.2) is 0 Å². The first kappa shape index (κ1) is 13.4. The van der Waals surface area contributed by atoms with Crippen LogP contribution >= 0.6 is 0 Å². The Balaban J connectivity index is 1.83. The molecule has 1 aliphatic rings. The van der Waals surface area contributed by atoms with Crippen molar-refractivity contribution in [2.45, 2.75) is 46.2 Å². The number of rotatable bonds is 3. The fourth-order valence-corrected chi connectivity index (χ4v) is 3.35. The van der Waals surface area contributed by atoms with Gasteiger partial charge in [0.05, 0.1) is 5.69 Å². The van der Waals surface area contributed by atoms with Gasteiger partial charge in [-0.15, -0.1) is 0 Å². The van der Waals surface area contributed by atoms with Crippen LogP contribution in [0, 0.1) is 20.8 Å². The zero-order chi connectivity index (χ0) is 14.1. The van der Waals surface area contributed by atoms with Crippen LogP contribution in [0.5, 0.6) is 0 Å². The number of likely N-dealkylation sites (tertiary alicyclic amines) is 1. The Hall–Kier alpha value is -1.61. The number of nitrogens with zero attached hydrogens (tertiary/aromatic N) is 2. The van der Waals surface area contributed by atoms with E-state index >= 15 is 0 Å². The van der Waals surface area contributed by atoms with Crippen molar-refractivity contribution >= 4 is 0 Å². The highest BCUT2D eigenvalue weighted by Gasteiger charge is 2.30. The maximum absolute atomic E-state index is 5.35. The van der Waals surface area contributed by atoms with Crippen molar-refractivity contribution < 1.29 is 4.52 Å². The first-order valence-electron chi connectivity index (χ1n) is 7.37. The maximum Gasteiger partial charge on any atom is 0.138 e. The van der Waals surface area contributed by atoms with E-state index in [4.69, 9.17) is 4.52 Å². The number of benzene rings is 1. The molecule has 0 unspecified atom stereocenters. The van der Waals surface area contributed by atoms with E-state index in [9.17, 15) is 0 Å². The van der Waals surface area contributed by atoms with E-state index in [2.05, 4.69) is 48.2 Å². The summed E-state index contributed by atoms with van der Waals surface area (Å²) < 4.78 is 5.35. The standard InChI is InChI=1S/C17H22N2O/c1-12-6-4-7-15(10-12)11-19-9-5-8-16(19)17-13(2)18-20-14(17)3/h4,6-7,10,16H,5,8-9,11H2,1-3H3/t16-/m1/s1. The molecule has 3 nitrogen and oxygen atoms in total. The zero-order valence-corrected chi connectivity index (χ0v) is 12.5. The molecule has 1 aromatic heterocycles. The molecular weight excluding hydrogens is 248 g/mol. The molecule has 0 amide bonds. The van der Waals surface area contributed by atoms with Crippen LogP contribution in [0.4, 0.5) is 0 Å². The Kier molecular flexibility index (Phi) is 3.62. The second-order valence-corrected chi connectivity index (χ2v) is 5.86. The highest BCUT2D eigenvalue weighted by molar-refractivity contribution is 5.27. The molecule has 1 saturated heterocycles.